The van der Waals surface area contributed by atoms with Crippen LogP contribution in [0.15, 0.2) is 42.5 Å². The van der Waals surface area contributed by atoms with E-state index in [1.807, 2.05) is 13.8 Å². The van der Waals surface area contributed by atoms with Crippen molar-refractivity contribution in [2.75, 3.05) is 12.3 Å². The molecule has 0 saturated carbocycles. The Kier molecular flexibility index (Phi) is 9.78. The van der Waals surface area contributed by atoms with E-state index in [2.05, 4.69) is 5.32 Å². The van der Waals surface area contributed by atoms with Gasteiger partial charge in [0.2, 0.25) is 11.8 Å². The van der Waals surface area contributed by atoms with Gasteiger partial charge in [-0.3, -0.25) is 9.59 Å². The number of benzene rings is 2. The summed E-state index contributed by atoms with van der Waals surface area (Å²) in [6.07, 6.45) is 0. The van der Waals surface area contributed by atoms with Crippen LogP contribution in [0.3, 0.4) is 0 Å². The van der Waals surface area contributed by atoms with Gasteiger partial charge in [0, 0.05) is 35.0 Å². The van der Waals surface area contributed by atoms with E-state index < -0.39 is 17.7 Å². The SMILES string of the molecule is CC(C)CNC(=O)[C@H](C)N(Cc1ccccc1F)C(=O)CSCc1c(F)cccc1Cl. The molecule has 0 saturated heterocycles. The van der Waals surface area contributed by atoms with Gasteiger partial charge in [-0.25, -0.2) is 8.78 Å². The molecule has 168 valence electrons. The Balaban J connectivity index is 2.11. The zero-order valence-electron chi connectivity index (χ0n) is 17.8. The van der Waals surface area contributed by atoms with E-state index in [-0.39, 0.29) is 35.8 Å². The fraction of sp³-hybridized carbons (Fsp3) is 0.391. The quantitative estimate of drug-likeness (QED) is 0.531. The third-order valence-electron chi connectivity index (χ3n) is 4.68. The molecule has 0 aliphatic carbocycles. The van der Waals surface area contributed by atoms with E-state index in [4.69, 9.17) is 11.6 Å². The number of hydrogen-bond donors (Lipinski definition) is 1. The third-order valence-corrected chi connectivity index (χ3v) is 5.98. The molecule has 4 nitrogen and oxygen atoms in total. The number of nitrogens with zero attached hydrogens (tertiary/aromatic N) is 1. The minimum atomic E-state index is -0.788. The molecule has 0 aliphatic rings. The molecule has 0 bridgehead atoms. The lowest BCUT2D eigenvalue weighted by Gasteiger charge is -2.29. The second-order valence-corrected chi connectivity index (χ2v) is 9.01. The Hall–Kier alpha value is -2.12. The van der Waals surface area contributed by atoms with E-state index >= 15 is 0 Å². The van der Waals surface area contributed by atoms with E-state index in [0.717, 1.165) is 0 Å². The van der Waals surface area contributed by atoms with Crippen LogP contribution in [0.25, 0.3) is 0 Å². The first-order chi connectivity index (χ1) is 14.7. The van der Waals surface area contributed by atoms with Crippen molar-refractivity contribution < 1.29 is 18.4 Å². The van der Waals surface area contributed by atoms with E-state index in [1.165, 1.54) is 34.9 Å². The highest BCUT2D eigenvalue weighted by molar-refractivity contribution is 7.99. The summed E-state index contributed by atoms with van der Waals surface area (Å²) in [5.74, 6) is -1.06. The van der Waals surface area contributed by atoms with E-state index in [1.54, 1.807) is 31.2 Å². The van der Waals surface area contributed by atoms with Crippen LogP contribution in [0.1, 0.15) is 31.9 Å². The summed E-state index contributed by atoms with van der Waals surface area (Å²) in [7, 11) is 0. The van der Waals surface area contributed by atoms with Gasteiger partial charge in [-0.15, -0.1) is 11.8 Å². The molecule has 2 rings (SSSR count). The second-order valence-electron chi connectivity index (χ2n) is 7.62. The van der Waals surface area contributed by atoms with Gasteiger partial charge < -0.3 is 10.2 Å². The minimum Gasteiger partial charge on any atom is -0.354 e. The molecule has 0 spiro atoms. The smallest absolute Gasteiger partial charge is 0.242 e. The van der Waals surface area contributed by atoms with Crippen molar-refractivity contribution in [2.24, 2.45) is 5.92 Å². The van der Waals surface area contributed by atoms with Gasteiger partial charge in [0.1, 0.15) is 17.7 Å². The van der Waals surface area contributed by atoms with Crippen LogP contribution in [-0.2, 0) is 21.9 Å². The van der Waals surface area contributed by atoms with Crippen LogP contribution in [0.5, 0.6) is 0 Å². The topological polar surface area (TPSA) is 49.4 Å². The average Bonchev–Trinajstić information content (AvgIpc) is 2.72. The maximum Gasteiger partial charge on any atom is 0.242 e. The zero-order chi connectivity index (χ0) is 23.0. The molecule has 0 heterocycles. The van der Waals surface area contributed by atoms with Gasteiger partial charge in [-0.1, -0.05) is 49.7 Å². The highest BCUT2D eigenvalue weighted by Crippen LogP contribution is 2.24. The Morgan fingerprint density at radius 1 is 1.06 bits per heavy atom. The molecule has 1 atom stereocenters. The summed E-state index contributed by atoms with van der Waals surface area (Å²) in [4.78, 5) is 26.9. The lowest BCUT2D eigenvalue weighted by Crippen LogP contribution is -2.48. The van der Waals surface area contributed by atoms with E-state index in [9.17, 15) is 18.4 Å². The summed E-state index contributed by atoms with van der Waals surface area (Å²) < 4.78 is 28.2. The van der Waals surface area contributed by atoms with Gasteiger partial charge >= 0.3 is 0 Å². The number of halogens is 3. The standard InChI is InChI=1S/C23H27ClF2N2O2S/c1-15(2)11-27-23(30)16(3)28(12-17-7-4-5-9-20(17)25)22(29)14-31-13-18-19(24)8-6-10-21(18)26/h4-10,15-16H,11-14H2,1-3H3,(H,27,30)/t16-/m0/s1. The summed E-state index contributed by atoms with van der Waals surface area (Å²) >= 11 is 7.23. The predicted molar refractivity (Wildman–Crippen MR) is 122 cm³/mol. The molecule has 8 heteroatoms. The first-order valence-electron chi connectivity index (χ1n) is 10.0. The van der Waals surface area contributed by atoms with Crippen LogP contribution in [0, 0.1) is 17.6 Å². The zero-order valence-corrected chi connectivity index (χ0v) is 19.4. The molecular formula is C23H27ClF2N2O2S. The fourth-order valence-corrected chi connectivity index (χ4v) is 4.09. The first-order valence-corrected chi connectivity index (χ1v) is 11.5. The van der Waals surface area contributed by atoms with Crippen molar-refractivity contribution in [3.05, 3.63) is 70.2 Å². The number of carbonyl (C=O) groups is 2. The normalized spacial score (nSPS) is 12.0. The fourth-order valence-electron chi connectivity index (χ4n) is 2.84. The molecule has 2 aromatic carbocycles. The van der Waals surface area contributed by atoms with Crippen molar-refractivity contribution in [3.8, 4) is 0 Å². The first kappa shape index (κ1) is 25.1. The monoisotopic (exact) mass is 468 g/mol. The van der Waals surface area contributed by atoms with Crippen LogP contribution < -0.4 is 5.32 Å². The molecule has 0 aliphatic heterocycles. The van der Waals surface area contributed by atoms with Crippen molar-refractivity contribution >= 4 is 35.2 Å². The Labute approximate surface area is 191 Å². The summed E-state index contributed by atoms with van der Waals surface area (Å²) in [6, 6.07) is 9.78. The lowest BCUT2D eigenvalue weighted by atomic mass is 10.1. The number of hydrogen-bond acceptors (Lipinski definition) is 3. The summed E-state index contributed by atoms with van der Waals surface area (Å²) in [5, 5.41) is 3.11. The maximum absolute atomic E-state index is 14.2. The number of thioether (sulfide) groups is 1. The molecule has 2 aromatic rings. The van der Waals surface area contributed by atoms with Gasteiger partial charge in [0.25, 0.3) is 0 Å². The molecule has 0 aromatic heterocycles. The number of amides is 2. The van der Waals surface area contributed by atoms with Crippen molar-refractivity contribution in [1.29, 1.82) is 0 Å². The third kappa shape index (κ3) is 7.51. The van der Waals surface area contributed by atoms with Gasteiger partial charge in [0.15, 0.2) is 0 Å². The molecular weight excluding hydrogens is 442 g/mol. The van der Waals surface area contributed by atoms with Crippen LogP contribution >= 0.6 is 23.4 Å². The number of rotatable bonds is 10. The van der Waals surface area contributed by atoms with Gasteiger partial charge in [-0.2, -0.15) is 0 Å². The second kappa shape index (κ2) is 12.1. The minimum absolute atomic E-state index is 0.000909. The van der Waals surface area contributed by atoms with Crippen molar-refractivity contribution in [2.45, 2.75) is 39.1 Å². The van der Waals surface area contributed by atoms with Gasteiger partial charge in [-0.05, 0) is 31.0 Å². The molecule has 31 heavy (non-hydrogen) atoms. The average molecular weight is 469 g/mol. The number of carbonyl (C=O) groups excluding carboxylic acids is 2. The highest BCUT2D eigenvalue weighted by atomic mass is 35.5. The van der Waals surface area contributed by atoms with Crippen molar-refractivity contribution in [3.63, 3.8) is 0 Å². The predicted octanol–water partition coefficient (Wildman–Crippen LogP) is 5.04. The largest absolute Gasteiger partial charge is 0.354 e. The molecule has 0 unspecified atom stereocenters. The Morgan fingerprint density at radius 3 is 2.39 bits per heavy atom. The molecule has 0 radical (unpaired) electrons. The lowest BCUT2D eigenvalue weighted by molar-refractivity contribution is -0.138. The molecule has 2 amide bonds. The van der Waals surface area contributed by atoms with Crippen LogP contribution in [0.4, 0.5) is 8.78 Å². The molecule has 0 fully saturated rings. The molecule has 1 N–H and O–H groups in total. The Bertz CT molecular complexity index is 891. The number of nitrogens with one attached hydrogen (secondary N) is 1. The maximum atomic E-state index is 14.2. The van der Waals surface area contributed by atoms with Crippen LogP contribution in [0.2, 0.25) is 5.02 Å². The van der Waals surface area contributed by atoms with Crippen molar-refractivity contribution in [1.82, 2.24) is 10.2 Å². The Morgan fingerprint density at radius 2 is 1.74 bits per heavy atom. The van der Waals surface area contributed by atoms with Crippen LogP contribution in [-0.4, -0.2) is 35.1 Å². The highest BCUT2D eigenvalue weighted by Gasteiger charge is 2.27. The summed E-state index contributed by atoms with van der Waals surface area (Å²) in [5.41, 5.74) is 0.645. The van der Waals surface area contributed by atoms with E-state index in [0.29, 0.717) is 22.7 Å². The van der Waals surface area contributed by atoms with Gasteiger partial charge in [0.05, 0.1) is 5.75 Å². The summed E-state index contributed by atoms with van der Waals surface area (Å²) in [6.45, 7) is 6.00.